The number of nitrogens with one attached hydrogen (secondary N) is 1. The van der Waals surface area contributed by atoms with Crippen molar-refractivity contribution in [2.24, 2.45) is 0 Å². The Labute approximate surface area is 157 Å². The first-order valence-corrected chi connectivity index (χ1v) is 8.48. The molecule has 3 rings (SSSR count). The molecule has 0 aliphatic rings. The van der Waals surface area contributed by atoms with Crippen molar-refractivity contribution in [1.82, 2.24) is 4.98 Å². The molecule has 0 radical (unpaired) electrons. The van der Waals surface area contributed by atoms with Gasteiger partial charge in [-0.25, -0.2) is 0 Å². The summed E-state index contributed by atoms with van der Waals surface area (Å²) in [7, 11) is 0. The van der Waals surface area contributed by atoms with E-state index in [4.69, 9.17) is 0 Å². The van der Waals surface area contributed by atoms with E-state index in [9.17, 15) is 9.59 Å². The lowest BCUT2D eigenvalue weighted by molar-refractivity contribution is 0.102. The van der Waals surface area contributed by atoms with E-state index >= 15 is 0 Å². The van der Waals surface area contributed by atoms with E-state index < -0.39 is 0 Å². The molecule has 0 atom stereocenters. The molecule has 0 spiro atoms. The van der Waals surface area contributed by atoms with Crippen LogP contribution in [-0.2, 0) is 0 Å². The number of carbonyl (C=O) groups is 2. The van der Waals surface area contributed by atoms with Crippen molar-refractivity contribution >= 4 is 23.5 Å². The van der Waals surface area contributed by atoms with Crippen LogP contribution in [0.25, 0.3) is 6.08 Å². The molecule has 1 N–H and O–H groups in total. The van der Waals surface area contributed by atoms with Crippen LogP contribution in [0.5, 0.6) is 0 Å². The Hall–Kier alpha value is -3.79. The van der Waals surface area contributed by atoms with Gasteiger partial charge in [-0.1, -0.05) is 48.6 Å². The van der Waals surface area contributed by atoms with Gasteiger partial charge in [-0.2, -0.15) is 0 Å². The van der Waals surface area contributed by atoms with Crippen molar-refractivity contribution in [2.45, 2.75) is 0 Å². The molecule has 4 heteroatoms. The second-order valence-electron chi connectivity index (χ2n) is 5.76. The fourth-order valence-corrected chi connectivity index (χ4v) is 2.39. The van der Waals surface area contributed by atoms with Gasteiger partial charge in [0.15, 0.2) is 5.78 Å². The lowest BCUT2D eigenvalue weighted by atomic mass is 10.1. The van der Waals surface area contributed by atoms with Crippen LogP contribution in [-0.4, -0.2) is 16.7 Å². The zero-order valence-electron chi connectivity index (χ0n) is 14.6. The molecule has 3 aromatic rings. The van der Waals surface area contributed by atoms with Gasteiger partial charge in [0.25, 0.3) is 5.91 Å². The number of ketones is 1. The number of carbonyl (C=O) groups excluding carboxylic acids is 2. The van der Waals surface area contributed by atoms with E-state index in [0.717, 1.165) is 11.3 Å². The topological polar surface area (TPSA) is 59.1 Å². The highest BCUT2D eigenvalue weighted by Gasteiger charge is 2.07. The number of benzene rings is 2. The summed E-state index contributed by atoms with van der Waals surface area (Å²) in [5, 5.41) is 2.81. The highest BCUT2D eigenvalue weighted by atomic mass is 16.1. The Balaban J connectivity index is 1.59. The number of rotatable bonds is 6. The summed E-state index contributed by atoms with van der Waals surface area (Å²) in [6.45, 7) is 0. The number of para-hydroxylation sites is 1. The van der Waals surface area contributed by atoms with Crippen LogP contribution in [0.4, 0.5) is 5.69 Å². The van der Waals surface area contributed by atoms with Crippen molar-refractivity contribution in [3.05, 3.63) is 114 Å². The van der Waals surface area contributed by atoms with Crippen molar-refractivity contribution in [2.75, 3.05) is 5.32 Å². The van der Waals surface area contributed by atoms with Crippen LogP contribution in [0.15, 0.2) is 97.4 Å². The third-order valence-corrected chi connectivity index (χ3v) is 3.82. The van der Waals surface area contributed by atoms with Crippen LogP contribution in [0, 0.1) is 0 Å². The molecule has 0 bridgehead atoms. The minimum atomic E-state index is -0.212. The summed E-state index contributed by atoms with van der Waals surface area (Å²) in [5.74, 6) is -0.333. The Morgan fingerprint density at radius 1 is 0.778 bits per heavy atom. The number of allylic oxidation sites excluding steroid dienone is 3. The molecule has 0 aliphatic carbocycles. The smallest absolute Gasteiger partial charge is 0.255 e. The monoisotopic (exact) mass is 354 g/mol. The number of hydrogen-bond acceptors (Lipinski definition) is 3. The van der Waals surface area contributed by atoms with E-state index in [2.05, 4.69) is 10.3 Å². The number of nitrogens with zero attached hydrogens (tertiary/aromatic N) is 1. The zero-order chi connectivity index (χ0) is 18.9. The third kappa shape index (κ3) is 5.34. The highest BCUT2D eigenvalue weighted by Crippen LogP contribution is 2.11. The van der Waals surface area contributed by atoms with Gasteiger partial charge in [-0.15, -0.1) is 0 Å². The zero-order valence-corrected chi connectivity index (χ0v) is 14.6. The van der Waals surface area contributed by atoms with E-state index in [0.29, 0.717) is 11.1 Å². The number of amides is 1. The van der Waals surface area contributed by atoms with Crippen molar-refractivity contribution in [3.8, 4) is 0 Å². The van der Waals surface area contributed by atoms with Crippen LogP contribution >= 0.6 is 0 Å². The average molecular weight is 354 g/mol. The predicted octanol–water partition coefficient (Wildman–Crippen LogP) is 4.79. The van der Waals surface area contributed by atoms with Crippen LogP contribution in [0.1, 0.15) is 26.3 Å². The van der Waals surface area contributed by atoms with Gasteiger partial charge in [-0.3, -0.25) is 14.6 Å². The van der Waals surface area contributed by atoms with Crippen molar-refractivity contribution in [3.63, 3.8) is 0 Å². The maximum Gasteiger partial charge on any atom is 0.255 e. The molecule has 4 nitrogen and oxygen atoms in total. The molecule has 0 unspecified atom stereocenters. The second kappa shape index (κ2) is 9.06. The Kier molecular flexibility index (Phi) is 6.04. The molecule has 2 aromatic carbocycles. The Morgan fingerprint density at radius 3 is 2.15 bits per heavy atom. The summed E-state index contributed by atoms with van der Waals surface area (Å²) in [6.07, 6.45) is 10.3. The maximum absolute atomic E-state index is 12.2. The minimum Gasteiger partial charge on any atom is -0.322 e. The number of aromatic nitrogens is 1. The minimum absolute atomic E-state index is 0.121. The first-order chi connectivity index (χ1) is 13.2. The maximum atomic E-state index is 12.2. The van der Waals surface area contributed by atoms with Gasteiger partial charge in [0.1, 0.15) is 0 Å². The Bertz CT molecular complexity index is 960. The van der Waals surface area contributed by atoms with E-state index in [1.54, 1.807) is 48.8 Å². The number of hydrogen-bond donors (Lipinski definition) is 1. The number of pyridine rings is 1. The van der Waals surface area contributed by atoms with E-state index in [-0.39, 0.29) is 11.7 Å². The fourth-order valence-electron chi connectivity index (χ4n) is 2.39. The molecular weight excluding hydrogens is 336 g/mol. The summed E-state index contributed by atoms with van der Waals surface area (Å²) in [6, 6.07) is 19.6. The van der Waals surface area contributed by atoms with Gasteiger partial charge in [0, 0.05) is 29.2 Å². The average Bonchev–Trinajstić information content (AvgIpc) is 2.72. The Morgan fingerprint density at radius 2 is 1.44 bits per heavy atom. The predicted molar refractivity (Wildman–Crippen MR) is 108 cm³/mol. The molecule has 132 valence electrons. The molecule has 27 heavy (non-hydrogen) atoms. The summed E-state index contributed by atoms with van der Waals surface area (Å²) >= 11 is 0. The van der Waals surface area contributed by atoms with Gasteiger partial charge in [0.2, 0.25) is 0 Å². The molecule has 0 saturated heterocycles. The lowest BCUT2D eigenvalue weighted by Crippen LogP contribution is -2.11. The van der Waals surface area contributed by atoms with Crippen LogP contribution < -0.4 is 5.32 Å². The largest absolute Gasteiger partial charge is 0.322 e. The molecule has 1 heterocycles. The van der Waals surface area contributed by atoms with Gasteiger partial charge in [-0.05, 0) is 48.0 Å². The van der Waals surface area contributed by atoms with Crippen LogP contribution in [0.3, 0.4) is 0 Å². The van der Waals surface area contributed by atoms with Gasteiger partial charge >= 0.3 is 0 Å². The summed E-state index contributed by atoms with van der Waals surface area (Å²) in [4.78, 5) is 28.4. The van der Waals surface area contributed by atoms with Gasteiger partial charge in [0.05, 0.1) is 0 Å². The molecule has 0 aliphatic heterocycles. The molecule has 1 aromatic heterocycles. The highest BCUT2D eigenvalue weighted by molar-refractivity contribution is 6.07. The van der Waals surface area contributed by atoms with Crippen molar-refractivity contribution < 1.29 is 9.59 Å². The first-order valence-electron chi connectivity index (χ1n) is 8.48. The van der Waals surface area contributed by atoms with Gasteiger partial charge < -0.3 is 5.32 Å². The molecule has 0 saturated carbocycles. The SMILES string of the molecule is O=C(/C=C/C=C/c1ccncc1)c1ccc(C(=O)Nc2ccccc2)cc1. The van der Waals surface area contributed by atoms with E-state index in [1.165, 1.54) is 6.08 Å². The standard InChI is InChI=1S/C23H18N2O2/c26-22(9-5-4-6-18-14-16-24-17-15-18)19-10-12-20(13-11-19)23(27)25-21-7-2-1-3-8-21/h1-17H,(H,25,27)/b6-4+,9-5+. The summed E-state index contributed by atoms with van der Waals surface area (Å²) < 4.78 is 0. The lowest BCUT2D eigenvalue weighted by Gasteiger charge is -2.05. The number of anilines is 1. The first kappa shape index (κ1) is 18.0. The molecule has 0 fully saturated rings. The molecular formula is C23H18N2O2. The fraction of sp³-hybridized carbons (Fsp3) is 0. The third-order valence-electron chi connectivity index (χ3n) is 3.82. The van der Waals surface area contributed by atoms with Crippen LogP contribution in [0.2, 0.25) is 0 Å². The molecule has 1 amide bonds. The quantitative estimate of drug-likeness (QED) is 0.393. The summed E-state index contributed by atoms with van der Waals surface area (Å²) in [5.41, 5.74) is 2.76. The second-order valence-corrected chi connectivity index (χ2v) is 5.76. The van der Waals surface area contributed by atoms with Crippen molar-refractivity contribution in [1.29, 1.82) is 0 Å². The normalized spacial score (nSPS) is 11.0. The van der Waals surface area contributed by atoms with E-state index in [1.807, 2.05) is 48.5 Å².